The van der Waals surface area contributed by atoms with Crippen LogP contribution in [0, 0.1) is 6.92 Å². The van der Waals surface area contributed by atoms with E-state index < -0.39 is 18.6 Å². The van der Waals surface area contributed by atoms with Gasteiger partial charge in [0.05, 0.1) is 33.0 Å². The monoisotopic (exact) mass is 289 g/mol. The van der Waals surface area contributed by atoms with Gasteiger partial charge in [-0.05, 0) is 26.0 Å². The summed E-state index contributed by atoms with van der Waals surface area (Å²) in [6.07, 6.45) is -5.09. The van der Waals surface area contributed by atoms with E-state index in [-0.39, 0.29) is 0 Å². The van der Waals surface area contributed by atoms with Crippen LogP contribution in [0.15, 0.2) is 12.1 Å². The van der Waals surface area contributed by atoms with Crippen molar-refractivity contribution in [3.05, 3.63) is 17.1 Å². The molecule has 0 aliphatic carbocycles. The molecule has 1 aromatic carbocycles. The van der Waals surface area contributed by atoms with E-state index in [4.69, 9.17) is 5.73 Å². The molecular weight excluding hydrogens is 275 g/mol. The average Bonchev–Trinajstić information content (AvgIpc) is 2.55. The van der Waals surface area contributed by atoms with Crippen LogP contribution >= 0.6 is 11.3 Å². The molecule has 104 valence electrons. The first kappa shape index (κ1) is 13.9. The maximum atomic E-state index is 12.3. The zero-order valence-electron chi connectivity index (χ0n) is 10.5. The lowest BCUT2D eigenvalue weighted by molar-refractivity contribution is -0.136. The van der Waals surface area contributed by atoms with Crippen molar-refractivity contribution in [3.63, 3.8) is 0 Å². The molecule has 0 aliphatic rings. The minimum atomic E-state index is -4.19. The lowest BCUT2D eigenvalue weighted by Crippen LogP contribution is -2.24. The van der Waals surface area contributed by atoms with Gasteiger partial charge in [0.1, 0.15) is 0 Å². The highest BCUT2D eigenvalue weighted by Gasteiger charge is 2.30. The molecule has 1 aromatic heterocycles. The number of nitrogen functional groups attached to an aromatic ring is 1. The largest absolute Gasteiger partial charge is 0.397 e. The highest BCUT2D eigenvalue weighted by atomic mass is 32.1. The molecule has 7 heteroatoms. The van der Waals surface area contributed by atoms with Gasteiger partial charge in [-0.1, -0.05) is 0 Å². The number of nitrogens with zero attached hydrogens (tertiary/aromatic N) is 1. The summed E-state index contributed by atoms with van der Waals surface area (Å²) in [5.74, 6) is 0. The van der Waals surface area contributed by atoms with Crippen LogP contribution in [-0.2, 0) is 0 Å². The second-order valence-electron chi connectivity index (χ2n) is 4.50. The van der Waals surface area contributed by atoms with Crippen LogP contribution in [0.2, 0.25) is 0 Å². The fourth-order valence-corrected chi connectivity index (χ4v) is 2.75. The third-order valence-corrected chi connectivity index (χ3v) is 3.54. The summed E-state index contributed by atoms with van der Waals surface area (Å²) >= 11 is 1.51. The fourth-order valence-electron chi connectivity index (χ4n) is 1.89. The Morgan fingerprint density at radius 3 is 2.74 bits per heavy atom. The Labute approximate surface area is 112 Å². The summed E-state index contributed by atoms with van der Waals surface area (Å²) in [6, 6.07) is 2.70. The average molecular weight is 289 g/mol. The van der Waals surface area contributed by atoms with Crippen molar-refractivity contribution >= 4 is 32.9 Å². The van der Waals surface area contributed by atoms with Crippen LogP contribution in [0.4, 0.5) is 24.5 Å². The van der Waals surface area contributed by atoms with E-state index in [1.54, 1.807) is 12.1 Å². The summed E-state index contributed by atoms with van der Waals surface area (Å²) in [5, 5.41) is 3.69. The predicted molar refractivity (Wildman–Crippen MR) is 72.5 cm³/mol. The number of anilines is 2. The van der Waals surface area contributed by atoms with Gasteiger partial charge in [0.25, 0.3) is 0 Å². The van der Waals surface area contributed by atoms with Crippen molar-refractivity contribution in [2.24, 2.45) is 0 Å². The van der Waals surface area contributed by atoms with Crippen molar-refractivity contribution in [1.29, 1.82) is 0 Å². The lowest BCUT2D eigenvalue weighted by atomic mass is 10.2. The Kier molecular flexibility index (Phi) is 3.58. The summed E-state index contributed by atoms with van der Waals surface area (Å²) in [7, 11) is 0. The summed E-state index contributed by atoms with van der Waals surface area (Å²) in [4.78, 5) is 4.30. The topological polar surface area (TPSA) is 50.9 Å². The van der Waals surface area contributed by atoms with Gasteiger partial charge >= 0.3 is 6.18 Å². The fraction of sp³-hybridized carbons (Fsp3) is 0.417. The van der Waals surface area contributed by atoms with E-state index in [2.05, 4.69) is 10.3 Å². The molecule has 2 aromatic rings. The summed E-state index contributed by atoms with van der Waals surface area (Å²) in [6.45, 7) is 3.35. The number of nitrogens with one attached hydrogen (secondary N) is 1. The van der Waals surface area contributed by atoms with Crippen LogP contribution in [0.5, 0.6) is 0 Å². The Morgan fingerprint density at radius 1 is 1.42 bits per heavy atom. The molecule has 0 saturated heterocycles. The quantitative estimate of drug-likeness (QED) is 0.841. The molecule has 0 radical (unpaired) electrons. The zero-order chi connectivity index (χ0) is 14.2. The first-order valence-electron chi connectivity index (χ1n) is 5.74. The number of hydrogen-bond acceptors (Lipinski definition) is 4. The molecule has 0 saturated carbocycles. The molecule has 19 heavy (non-hydrogen) atoms. The van der Waals surface area contributed by atoms with Crippen LogP contribution in [0.3, 0.4) is 0 Å². The van der Waals surface area contributed by atoms with Gasteiger partial charge in [0.15, 0.2) is 0 Å². The minimum Gasteiger partial charge on any atom is -0.397 e. The summed E-state index contributed by atoms with van der Waals surface area (Å²) < 4.78 is 37.8. The standard InChI is InChI=1S/C12H14F3N3S/c1-6(5-12(13,14)15)17-9-4-10-11(3-8(9)16)19-7(2)18-10/h3-4,6,17H,5,16H2,1-2H3. The molecule has 0 aliphatic heterocycles. The number of aryl methyl sites for hydroxylation is 1. The minimum absolute atomic E-state index is 0.435. The number of benzene rings is 1. The van der Waals surface area contributed by atoms with Crippen LogP contribution < -0.4 is 11.1 Å². The number of halogens is 3. The van der Waals surface area contributed by atoms with Gasteiger partial charge in [-0.2, -0.15) is 13.2 Å². The first-order chi connectivity index (χ1) is 8.74. The SMILES string of the molecule is Cc1nc2cc(NC(C)CC(F)(F)F)c(N)cc2s1. The molecule has 0 fully saturated rings. The predicted octanol–water partition coefficient (Wildman–Crippen LogP) is 3.94. The zero-order valence-corrected chi connectivity index (χ0v) is 11.3. The number of alkyl halides is 3. The van der Waals surface area contributed by atoms with Gasteiger partial charge in [-0.3, -0.25) is 0 Å². The second kappa shape index (κ2) is 4.88. The van der Waals surface area contributed by atoms with Gasteiger partial charge in [-0.15, -0.1) is 11.3 Å². The molecule has 1 atom stereocenters. The van der Waals surface area contributed by atoms with Crippen molar-refractivity contribution < 1.29 is 13.2 Å². The molecule has 0 amide bonds. The normalized spacial score (nSPS) is 13.7. The van der Waals surface area contributed by atoms with E-state index in [1.165, 1.54) is 18.3 Å². The Hall–Kier alpha value is -1.50. The molecule has 0 bridgehead atoms. The highest BCUT2D eigenvalue weighted by molar-refractivity contribution is 7.18. The number of rotatable bonds is 3. The number of nitrogens with two attached hydrogens (primary N) is 1. The maximum Gasteiger partial charge on any atom is 0.391 e. The third kappa shape index (κ3) is 3.50. The molecule has 3 N–H and O–H groups in total. The van der Waals surface area contributed by atoms with Crippen LogP contribution in [-0.4, -0.2) is 17.2 Å². The number of hydrogen-bond donors (Lipinski definition) is 2. The van der Waals surface area contributed by atoms with E-state index >= 15 is 0 Å². The number of aromatic nitrogens is 1. The van der Waals surface area contributed by atoms with Gasteiger partial charge in [0, 0.05) is 6.04 Å². The van der Waals surface area contributed by atoms with E-state index in [1.807, 2.05) is 6.92 Å². The molecule has 2 rings (SSSR count). The smallest absolute Gasteiger partial charge is 0.391 e. The molecule has 1 unspecified atom stereocenters. The van der Waals surface area contributed by atoms with Gasteiger partial charge in [-0.25, -0.2) is 4.98 Å². The number of thiazole rings is 1. The van der Waals surface area contributed by atoms with Crippen molar-refractivity contribution in [2.75, 3.05) is 11.1 Å². The molecule has 0 spiro atoms. The van der Waals surface area contributed by atoms with E-state index in [9.17, 15) is 13.2 Å². The van der Waals surface area contributed by atoms with Crippen molar-refractivity contribution in [2.45, 2.75) is 32.5 Å². The van der Waals surface area contributed by atoms with Crippen LogP contribution in [0.25, 0.3) is 10.2 Å². The number of fused-ring (bicyclic) bond motifs is 1. The van der Waals surface area contributed by atoms with Crippen molar-refractivity contribution in [1.82, 2.24) is 4.98 Å². The third-order valence-electron chi connectivity index (χ3n) is 2.61. The Balaban J connectivity index is 2.22. The van der Waals surface area contributed by atoms with E-state index in [0.29, 0.717) is 11.4 Å². The van der Waals surface area contributed by atoms with Gasteiger partial charge in [0.2, 0.25) is 0 Å². The van der Waals surface area contributed by atoms with Gasteiger partial charge < -0.3 is 11.1 Å². The van der Waals surface area contributed by atoms with Crippen LogP contribution in [0.1, 0.15) is 18.4 Å². The van der Waals surface area contributed by atoms with Crippen molar-refractivity contribution in [3.8, 4) is 0 Å². The lowest BCUT2D eigenvalue weighted by Gasteiger charge is -2.18. The molecule has 1 heterocycles. The first-order valence-corrected chi connectivity index (χ1v) is 6.56. The summed E-state index contributed by atoms with van der Waals surface area (Å²) in [5.41, 5.74) is 7.52. The Bertz CT molecular complexity index is 592. The Morgan fingerprint density at radius 2 is 2.11 bits per heavy atom. The van der Waals surface area contributed by atoms with E-state index in [0.717, 1.165) is 15.2 Å². The second-order valence-corrected chi connectivity index (χ2v) is 5.74. The highest BCUT2D eigenvalue weighted by Crippen LogP contribution is 2.31. The molecular formula is C12H14F3N3S. The molecule has 3 nitrogen and oxygen atoms in total. The maximum absolute atomic E-state index is 12.3.